The van der Waals surface area contributed by atoms with Gasteiger partial charge in [0.05, 0.1) is 0 Å². The maximum atomic E-state index is 5.93. The average molecular weight is 231 g/mol. The van der Waals surface area contributed by atoms with Crippen LogP contribution in [0.25, 0.3) is 6.08 Å². The summed E-state index contributed by atoms with van der Waals surface area (Å²) in [5, 5.41) is 0. The zero-order chi connectivity index (χ0) is 12.7. The van der Waals surface area contributed by atoms with Crippen molar-refractivity contribution in [3.8, 4) is 0 Å². The molecule has 1 aromatic carbocycles. The minimum atomic E-state index is -0.0602. The number of aryl methyl sites for hydroxylation is 1. The lowest BCUT2D eigenvalue weighted by Gasteiger charge is -2.16. The lowest BCUT2D eigenvalue weighted by molar-refractivity contribution is 0.482. The normalized spacial score (nSPS) is 12.2. The van der Waals surface area contributed by atoms with Gasteiger partial charge in [0.15, 0.2) is 0 Å². The predicted octanol–water partition coefficient (Wildman–Crippen LogP) is 4.17. The van der Waals surface area contributed by atoms with Crippen LogP contribution in [0.5, 0.6) is 0 Å². The van der Waals surface area contributed by atoms with E-state index in [9.17, 15) is 0 Å². The van der Waals surface area contributed by atoms with Crippen LogP contribution in [0, 0.1) is 0 Å². The highest BCUT2D eigenvalue weighted by molar-refractivity contribution is 5.49. The monoisotopic (exact) mass is 231 g/mol. The lowest BCUT2D eigenvalue weighted by Crippen LogP contribution is -2.31. The van der Waals surface area contributed by atoms with Crippen LogP contribution >= 0.6 is 0 Å². The first kappa shape index (κ1) is 14.0. The van der Waals surface area contributed by atoms with E-state index in [0.717, 1.165) is 12.8 Å². The predicted molar refractivity (Wildman–Crippen MR) is 77.0 cm³/mol. The van der Waals surface area contributed by atoms with Gasteiger partial charge in [-0.15, -0.1) is 0 Å². The molecule has 0 aliphatic heterocycles. The first-order valence-electron chi connectivity index (χ1n) is 6.55. The highest BCUT2D eigenvalue weighted by atomic mass is 14.7. The number of hydrogen-bond donors (Lipinski definition) is 1. The van der Waals surface area contributed by atoms with Crippen LogP contribution < -0.4 is 5.73 Å². The van der Waals surface area contributed by atoms with Crippen molar-refractivity contribution >= 4 is 6.08 Å². The van der Waals surface area contributed by atoms with Crippen molar-refractivity contribution in [3.05, 3.63) is 41.5 Å². The molecular formula is C16H25N. The highest BCUT2D eigenvalue weighted by Crippen LogP contribution is 2.11. The third-order valence-electron chi connectivity index (χ3n) is 2.78. The summed E-state index contributed by atoms with van der Waals surface area (Å²) >= 11 is 0. The second-order valence-corrected chi connectivity index (χ2v) is 5.42. The highest BCUT2D eigenvalue weighted by Gasteiger charge is 2.07. The van der Waals surface area contributed by atoms with Gasteiger partial charge in [0, 0.05) is 5.54 Å². The fraction of sp³-hybridized carbons (Fsp3) is 0.500. The van der Waals surface area contributed by atoms with Gasteiger partial charge in [-0.3, -0.25) is 0 Å². The quantitative estimate of drug-likeness (QED) is 0.781. The Morgan fingerprint density at radius 1 is 1.18 bits per heavy atom. The Labute approximate surface area is 106 Å². The van der Waals surface area contributed by atoms with Crippen LogP contribution in [0.1, 0.15) is 51.2 Å². The molecule has 0 unspecified atom stereocenters. The summed E-state index contributed by atoms with van der Waals surface area (Å²) < 4.78 is 0. The van der Waals surface area contributed by atoms with E-state index in [0.29, 0.717) is 0 Å². The van der Waals surface area contributed by atoms with E-state index in [1.165, 1.54) is 24.0 Å². The van der Waals surface area contributed by atoms with Gasteiger partial charge in [-0.1, -0.05) is 49.8 Å². The smallest absolute Gasteiger partial charge is 0.01000 e. The van der Waals surface area contributed by atoms with Crippen molar-refractivity contribution in [2.75, 3.05) is 0 Å². The molecule has 0 spiro atoms. The molecule has 0 heterocycles. The molecule has 0 amide bonds. The fourth-order valence-corrected chi connectivity index (χ4v) is 1.76. The summed E-state index contributed by atoms with van der Waals surface area (Å²) in [4.78, 5) is 0. The Balaban J connectivity index is 2.43. The van der Waals surface area contributed by atoms with Crippen LogP contribution in [-0.2, 0) is 6.42 Å². The van der Waals surface area contributed by atoms with Crippen LogP contribution in [0.2, 0.25) is 0 Å². The van der Waals surface area contributed by atoms with Gasteiger partial charge in [-0.2, -0.15) is 0 Å². The lowest BCUT2D eigenvalue weighted by atomic mass is 9.99. The van der Waals surface area contributed by atoms with E-state index in [4.69, 9.17) is 5.73 Å². The zero-order valence-electron chi connectivity index (χ0n) is 11.4. The van der Waals surface area contributed by atoms with Crippen LogP contribution in [0.4, 0.5) is 0 Å². The molecule has 1 rings (SSSR count). The Morgan fingerprint density at radius 3 is 2.35 bits per heavy atom. The summed E-state index contributed by atoms with van der Waals surface area (Å²) in [6.07, 6.45) is 8.84. The van der Waals surface area contributed by atoms with E-state index in [1.54, 1.807) is 0 Å². The third-order valence-corrected chi connectivity index (χ3v) is 2.78. The van der Waals surface area contributed by atoms with Gasteiger partial charge in [0.1, 0.15) is 0 Å². The van der Waals surface area contributed by atoms with Crippen molar-refractivity contribution < 1.29 is 0 Å². The molecule has 0 saturated heterocycles. The van der Waals surface area contributed by atoms with Crippen LogP contribution in [-0.4, -0.2) is 5.54 Å². The van der Waals surface area contributed by atoms with Crippen LogP contribution in [0.3, 0.4) is 0 Å². The molecule has 1 aromatic rings. The molecule has 0 saturated carbocycles. The van der Waals surface area contributed by atoms with Gasteiger partial charge < -0.3 is 5.73 Å². The number of nitrogens with two attached hydrogens (primary N) is 1. The zero-order valence-corrected chi connectivity index (χ0v) is 11.4. The molecule has 0 bridgehead atoms. The molecule has 2 N–H and O–H groups in total. The van der Waals surface area contributed by atoms with E-state index in [-0.39, 0.29) is 5.54 Å². The second-order valence-electron chi connectivity index (χ2n) is 5.42. The van der Waals surface area contributed by atoms with Crippen molar-refractivity contribution in [2.24, 2.45) is 5.73 Å². The molecule has 1 nitrogen and oxygen atoms in total. The fourth-order valence-electron chi connectivity index (χ4n) is 1.76. The first-order chi connectivity index (χ1) is 8.01. The van der Waals surface area contributed by atoms with E-state index in [1.807, 2.05) is 0 Å². The van der Waals surface area contributed by atoms with Crippen molar-refractivity contribution in [1.82, 2.24) is 0 Å². The maximum absolute atomic E-state index is 5.93. The summed E-state index contributed by atoms with van der Waals surface area (Å²) in [5.41, 5.74) is 8.58. The van der Waals surface area contributed by atoms with Gasteiger partial charge >= 0.3 is 0 Å². The summed E-state index contributed by atoms with van der Waals surface area (Å²) in [5.74, 6) is 0. The topological polar surface area (TPSA) is 26.0 Å². The Hall–Kier alpha value is -1.08. The van der Waals surface area contributed by atoms with Crippen molar-refractivity contribution in [1.29, 1.82) is 0 Å². The molecule has 0 fully saturated rings. The van der Waals surface area contributed by atoms with Crippen molar-refractivity contribution in [2.45, 2.75) is 52.0 Å². The number of rotatable bonds is 6. The number of benzene rings is 1. The standard InChI is InChI=1S/C16H25N/c1-4-7-14-9-11-15(12-10-14)8-5-6-13-16(2,3)17/h5,8-12H,4,6-7,13,17H2,1-3H3/b8-5+. The van der Waals surface area contributed by atoms with Gasteiger partial charge in [0.2, 0.25) is 0 Å². The molecule has 0 atom stereocenters. The number of hydrogen-bond acceptors (Lipinski definition) is 1. The summed E-state index contributed by atoms with van der Waals surface area (Å²) in [6, 6.07) is 8.82. The Bertz CT molecular complexity index is 341. The average Bonchev–Trinajstić information content (AvgIpc) is 2.26. The molecule has 94 valence electrons. The molecule has 17 heavy (non-hydrogen) atoms. The molecule has 0 aliphatic carbocycles. The van der Waals surface area contributed by atoms with Gasteiger partial charge in [-0.05, 0) is 44.2 Å². The molecule has 1 heteroatoms. The van der Waals surface area contributed by atoms with Crippen LogP contribution in [0.15, 0.2) is 30.3 Å². The molecule has 0 radical (unpaired) electrons. The van der Waals surface area contributed by atoms with Gasteiger partial charge in [0.25, 0.3) is 0 Å². The first-order valence-corrected chi connectivity index (χ1v) is 6.55. The maximum Gasteiger partial charge on any atom is 0.01000 e. The minimum Gasteiger partial charge on any atom is -0.326 e. The van der Waals surface area contributed by atoms with Gasteiger partial charge in [-0.25, -0.2) is 0 Å². The largest absolute Gasteiger partial charge is 0.326 e. The minimum absolute atomic E-state index is 0.0602. The summed E-state index contributed by atoms with van der Waals surface area (Å²) in [7, 11) is 0. The Morgan fingerprint density at radius 2 is 1.82 bits per heavy atom. The number of allylic oxidation sites excluding steroid dienone is 1. The molecule has 0 aliphatic rings. The second kappa shape index (κ2) is 6.61. The molecular weight excluding hydrogens is 206 g/mol. The Kier molecular flexibility index (Phi) is 5.43. The van der Waals surface area contributed by atoms with E-state index in [2.05, 4.69) is 57.2 Å². The molecule has 0 aromatic heterocycles. The van der Waals surface area contributed by atoms with Crippen molar-refractivity contribution in [3.63, 3.8) is 0 Å². The summed E-state index contributed by atoms with van der Waals surface area (Å²) in [6.45, 7) is 6.35. The SMILES string of the molecule is CCCc1ccc(/C=C/CCC(C)(C)N)cc1. The van der Waals surface area contributed by atoms with E-state index >= 15 is 0 Å². The van der Waals surface area contributed by atoms with E-state index < -0.39 is 0 Å². The third kappa shape index (κ3) is 6.28.